The molecule has 3 rings (SSSR count). The molecule has 0 aliphatic carbocycles. The lowest BCUT2D eigenvalue weighted by atomic mass is 10.1. The quantitative estimate of drug-likeness (QED) is 0.570. The molecular formula is C18H15FN4O3. The average molecular weight is 354 g/mol. The molecule has 0 saturated carbocycles. The summed E-state index contributed by atoms with van der Waals surface area (Å²) < 4.78 is 26.2. The minimum Gasteiger partial charge on any atom is -0.462 e. The summed E-state index contributed by atoms with van der Waals surface area (Å²) in [6, 6.07) is 5.94. The van der Waals surface area contributed by atoms with Crippen molar-refractivity contribution in [2.75, 3.05) is 12.3 Å². The van der Waals surface area contributed by atoms with Gasteiger partial charge in [-0.15, -0.1) is 0 Å². The number of hydrogen-bond acceptors (Lipinski definition) is 6. The van der Waals surface area contributed by atoms with E-state index in [1.165, 1.54) is 29.0 Å². The van der Waals surface area contributed by atoms with Crippen LogP contribution in [0.25, 0.3) is 5.52 Å². The van der Waals surface area contributed by atoms with Crippen LogP contribution in [0.1, 0.15) is 28.4 Å². The van der Waals surface area contributed by atoms with Crippen molar-refractivity contribution in [2.45, 2.75) is 13.8 Å². The van der Waals surface area contributed by atoms with E-state index in [4.69, 9.17) is 15.2 Å². The zero-order chi connectivity index (χ0) is 18.8. The van der Waals surface area contributed by atoms with E-state index < -0.39 is 11.8 Å². The Labute approximate surface area is 148 Å². The molecule has 8 heteroatoms. The standard InChI is InChI=1S/C18H15FN4O3/c1-3-25-18(24)13-9-23-16(10(13)2)17(11(7-20)8-22-23)26-15-5-4-12(21)6-14(15)19/h4-6,8-9H,3,21H2,1-2H3. The molecule has 0 amide bonds. The summed E-state index contributed by atoms with van der Waals surface area (Å²) >= 11 is 0. The number of anilines is 1. The number of aromatic nitrogens is 2. The molecule has 2 aromatic heterocycles. The second kappa shape index (κ2) is 6.72. The van der Waals surface area contributed by atoms with Crippen molar-refractivity contribution in [3.8, 4) is 17.6 Å². The van der Waals surface area contributed by atoms with Gasteiger partial charge >= 0.3 is 5.97 Å². The summed E-state index contributed by atoms with van der Waals surface area (Å²) in [5, 5.41) is 13.5. The molecule has 0 bridgehead atoms. The molecule has 132 valence electrons. The first-order valence-corrected chi connectivity index (χ1v) is 7.77. The van der Waals surface area contributed by atoms with Gasteiger partial charge in [0.2, 0.25) is 0 Å². The molecule has 2 heterocycles. The minimum atomic E-state index is -0.668. The SMILES string of the molecule is CCOC(=O)c1cn2ncc(C#N)c(Oc3ccc(N)cc3F)c2c1C. The molecule has 0 atom stereocenters. The number of rotatable bonds is 4. The highest BCUT2D eigenvalue weighted by Crippen LogP contribution is 2.34. The molecule has 0 radical (unpaired) electrons. The summed E-state index contributed by atoms with van der Waals surface area (Å²) in [5.74, 6) is -1.18. The third-order valence-electron chi connectivity index (χ3n) is 3.79. The predicted octanol–water partition coefficient (Wildman–Crippen LogP) is 3.20. The van der Waals surface area contributed by atoms with Crippen LogP contribution in [0.2, 0.25) is 0 Å². The number of esters is 1. The van der Waals surface area contributed by atoms with Gasteiger partial charge in [-0.3, -0.25) is 0 Å². The molecule has 0 unspecified atom stereocenters. The molecule has 2 N–H and O–H groups in total. The molecule has 0 spiro atoms. The van der Waals surface area contributed by atoms with Gasteiger partial charge in [-0.25, -0.2) is 13.7 Å². The van der Waals surface area contributed by atoms with E-state index in [0.29, 0.717) is 11.1 Å². The van der Waals surface area contributed by atoms with Gasteiger partial charge in [0.1, 0.15) is 17.1 Å². The van der Waals surface area contributed by atoms with Crippen LogP contribution in [0.3, 0.4) is 0 Å². The van der Waals surface area contributed by atoms with Gasteiger partial charge in [0.05, 0.1) is 18.4 Å². The number of halogens is 1. The molecule has 1 aromatic carbocycles. The normalized spacial score (nSPS) is 10.5. The zero-order valence-electron chi connectivity index (χ0n) is 14.1. The Kier molecular flexibility index (Phi) is 4.45. The number of hydrogen-bond donors (Lipinski definition) is 1. The summed E-state index contributed by atoms with van der Waals surface area (Å²) in [6.45, 7) is 3.60. The number of nitrogens with zero attached hydrogens (tertiary/aromatic N) is 3. The fourth-order valence-electron chi connectivity index (χ4n) is 2.56. The van der Waals surface area contributed by atoms with E-state index in [-0.39, 0.29) is 34.9 Å². The van der Waals surface area contributed by atoms with Gasteiger partial charge < -0.3 is 15.2 Å². The van der Waals surface area contributed by atoms with Crippen molar-refractivity contribution < 1.29 is 18.7 Å². The molecule has 0 saturated heterocycles. The van der Waals surface area contributed by atoms with E-state index in [1.54, 1.807) is 13.8 Å². The third kappa shape index (κ3) is 2.91. The first kappa shape index (κ1) is 17.2. The second-order valence-electron chi connectivity index (χ2n) is 5.47. The van der Waals surface area contributed by atoms with Crippen LogP contribution < -0.4 is 10.5 Å². The van der Waals surface area contributed by atoms with E-state index in [2.05, 4.69) is 5.10 Å². The predicted molar refractivity (Wildman–Crippen MR) is 91.5 cm³/mol. The lowest BCUT2D eigenvalue weighted by Crippen LogP contribution is -2.04. The molecule has 0 aliphatic heterocycles. The second-order valence-corrected chi connectivity index (χ2v) is 5.47. The van der Waals surface area contributed by atoms with Gasteiger partial charge in [0, 0.05) is 18.0 Å². The van der Waals surface area contributed by atoms with Gasteiger partial charge in [-0.1, -0.05) is 0 Å². The Morgan fingerprint density at radius 3 is 2.88 bits per heavy atom. The van der Waals surface area contributed by atoms with Crippen molar-refractivity contribution in [1.29, 1.82) is 5.26 Å². The van der Waals surface area contributed by atoms with Gasteiger partial charge in [0.25, 0.3) is 0 Å². The molecule has 26 heavy (non-hydrogen) atoms. The van der Waals surface area contributed by atoms with Crippen LogP contribution in [-0.2, 0) is 4.74 Å². The number of nitrogens with two attached hydrogens (primary N) is 1. The van der Waals surface area contributed by atoms with Crippen LogP contribution in [-0.4, -0.2) is 22.2 Å². The fourth-order valence-corrected chi connectivity index (χ4v) is 2.56. The summed E-state index contributed by atoms with van der Waals surface area (Å²) in [4.78, 5) is 12.1. The molecule has 7 nitrogen and oxygen atoms in total. The molecule has 3 aromatic rings. The van der Waals surface area contributed by atoms with E-state index >= 15 is 0 Å². The van der Waals surface area contributed by atoms with Crippen molar-refractivity contribution in [2.24, 2.45) is 0 Å². The van der Waals surface area contributed by atoms with E-state index in [9.17, 15) is 14.4 Å². The average Bonchev–Trinajstić information content (AvgIpc) is 2.95. The lowest BCUT2D eigenvalue weighted by molar-refractivity contribution is 0.0525. The van der Waals surface area contributed by atoms with Crippen LogP contribution >= 0.6 is 0 Å². The topological polar surface area (TPSA) is 103 Å². The van der Waals surface area contributed by atoms with Crippen LogP contribution in [0, 0.1) is 24.1 Å². The highest BCUT2D eigenvalue weighted by molar-refractivity contribution is 5.94. The number of ether oxygens (including phenoxy) is 2. The lowest BCUT2D eigenvalue weighted by Gasteiger charge is -2.11. The largest absolute Gasteiger partial charge is 0.462 e. The van der Waals surface area contributed by atoms with Gasteiger partial charge in [-0.05, 0) is 31.5 Å². The Bertz CT molecular complexity index is 1050. The van der Waals surface area contributed by atoms with Crippen molar-refractivity contribution in [1.82, 2.24) is 9.61 Å². The maximum atomic E-state index is 14.1. The van der Waals surface area contributed by atoms with Crippen LogP contribution in [0.5, 0.6) is 11.5 Å². The highest BCUT2D eigenvalue weighted by atomic mass is 19.1. The first-order valence-electron chi connectivity index (χ1n) is 7.77. The maximum absolute atomic E-state index is 14.1. The summed E-state index contributed by atoms with van der Waals surface area (Å²) in [6.07, 6.45) is 2.77. The van der Waals surface area contributed by atoms with Crippen molar-refractivity contribution in [3.05, 3.63) is 53.1 Å². The molecular weight excluding hydrogens is 339 g/mol. The molecule has 0 fully saturated rings. The first-order chi connectivity index (χ1) is 12.5. The number of benzene rings is 1. The smallest absolute Gasteiger partial charge is 0.340 e. The Morgan fingerprint density at radius 1 is 1.46 bits per heavy atom. The number of aryl methyl sites for hydroxylation is 1. The van der Waals surface area contributed by atoms with Crippen LogP contribution in [0.4, 0.5) is 10.1 Å². The highest BCUT2D eigenvalue weighted by Gasteiger charge is 2.22. The Balaban J connectivity index is 2.19. The summed E-state index contributed by atoms with van der Waals surface area (Å²) in [5.41, 5.74) is 7.07. The third-order valence-corrected chi connectivity index (χ3v) is 3.79. The minimum absolute atomic E-state index is 0.0953. The van der Waals surface area contributed by atoms with E-state index in [0.717, 1.165) is 6.07 Å². The zero-order valence-corrected chi connectivity index (χ0v) is 14.1. The van der Waals surface area contributed by atoms with Gasteiger partial charge in [-0.2, -0.15) is 10.4 Å². The number of carbonyl (C=O) groups excluding carboxylic acids is 1. The number of nitrogen functional groups attached to an aromatic ring is 1. The van der Waals surface area contributed by atoms with Crippen molar-refractivity contribution in [3.63, 3.8) is 0 Å². The number of nitriles is 1. The molecule has 0 aliphatic rings. The monoisotopic (exact) mass is 354 g/mol. The number of carbonyl (C=O) groups is 1. The Hall–Kier alpha value is -3.60. The maximum Gasteiger partial charge on any atom is 0.340 e. The van der Waals surface area contributed by atoms with E-state index in [1.807, 2.05) is 6.07 Å². The number of fused-ring (bicyclic) bond motifs is 1. The van der Waals surface area contributed by atoms with Crippen molar-refractivity contribution >= 4 is 17.2 Å². The van der Waals surface area contributed by atoms with Crippen LogP contribution in [0.15, 0.2) is 30.6 Å². The Morgan fingerprint density at radius 2 is 2.23 bits per heavy atom. The van der Waals surface area contributed by atoms with Gasteiger partial charge in [0.15, 0.2) is 17.3 Å². The summed E-state index contributed by atoms with van der Waals surface area (Å²) in [7, 11) is 0. The fraction of sp³-hybridized carbons (Fsp3) is 0.167.